The maximum atomic E-state index is 12.8. The number of benzene rings is 1. The first-order valence-electron chi connectivity index (χ1n) is 9.73. The Hall–Kier alpha value is -2.45. The van der Waals surface area contributed by atoms with Crippen molar-refractivity contribution in [2.24, 2.45) is 5.92 Å². The third kappa shape index (κ3) is 6.27. The number of hydrogen-bond acceptors (Lipinski definition) is 5. The van der Waals surface area contributed by atoms with E-state index in [4.69, 9.17) is 4.74 Å². The Morgan fingerprint density at radius 3 is 2.69 bits per heavy atom. The van der Waals surface area contributed by atoms with Crippen molar-refractivity contribution in [3.63, 3.8) is 0 Å². The minimum absolute atomic E-state index is 0.0933. The number of nitrogens with zero attached hydrogens (tertiary/aromatic N) is 2. The number of sulfonamides is 1. The van der Waals surface area contributed by atoms with Gasteiger partial charge in [-0.2, -0.15) is 0 Å². The number of hydrogen-bond donors (Lipinski definition) is 1. The molecule has 0 radical (unpaired) electrons. The van der Waals surface area contributed by atoms with E-state index in [0.717, 1.165) is 24.7 Å². The second-order valence-electron chi connectivity index (χ2n) is 7.44. The predicted octanol–water partition coefficient (Wildman–Crippen LogP) is 2.62. The Bertz CT molecular complexity index is 917. The van der Waals surface area contributed by atoms with Crippen LogP contribution in [0.3, 0.4) is 0 Å². The van der Waals surface area contributed by atoms with Crippen LogP contribution in [0.25, 0.3) is 0 Å². The fourth-order valence-corrected chi connectivity index (χ4v) is 3.96. The zero-order valence-corrected chi connectivity index (χ0v) is 17.6. The molecule has 1 aromatic carbocycles. The van der Waals surface area contributed by atoms with Crippen molar-refractivity contribution < 1.29 is 17.9 Å². The molecule has 2 aromatic rings. The Morgan fingerprint density at radius 2 is 2.03 bits per heavy atom. The van der Waals surface area contributed by atoms with Crippen molar-refractivity contribution in [1.82, 2.24) is 14.6 Å². The summed E-state index contributed by atoms with van der Waals surface area (Å²) in [6.45, 7) is 3.50. The van der Waals surface area contributed by atoms with Crippen LogP contribution in [0.1, 0.15) is 41.8 Å². The molecule has 2 heterocycles. The first kappa shape index (κ1) is 21.3. The van der Waals surface area contributed by atoms with E-state index in [9.17, 15) is 13.2 Å². The molecular formula is C21H27N3O4S. The summed E-state index contributed by atoms with van der Waals surface area (Å²) in [6, 6.07) is 13.3. The molecule has 8 heteroatoms. The molecule has 3 rings (SSSR count). The molecule has 0 saturated carbocycles. The largest absolute Gasteiger partial charge is 0.470 e. The molecule has 1 aromatic heterocycles. The van der Waals surface area contributed by atoms with Crippen LogP contribution in [-0.4, -0.2) is 50.1 Å². The summed E-state index contributed by atoms with van der Waals surface area (Å²) in [5.41, 5.74) is 1.55. The van der Waals surface area contributed by atoms with E-state index in [1.807, 2.05) is 37.3 Å². The summed E-state index contributed by atoms with van der Waals surface area (Å²) in [6.07, 6.45) is 4.29. The number of amides is 1. The molecule has 29 heavy (non-hydrogen) atoms. The minimum Gasteiger partial charge on any atom is -0.470 e. The Kier molecular flexibility index (Phi) is 6.87. The van der Waals surface area contributed by atoms with Gasteiger partial charge in [0.15, 0.2) is 0 Å². The van der Waals surface area contributed by atoms with Crippen molar-refractivity contribution in [1.29, 1.82) is 0 Å². The zero-order chi connectivity index (χ0) is 20.9. The van der Waals surface area contributed by atoms with Gasteiger partial charge in [0.1, 0.15) is 6.10 Å². The van der Waals surface area contributed by atoms with Gasteiger partial charge >= 0.3 is 0 Å². The smallest absolute Gasteiger partial charge is 0.255 e. The van der Waals surface area contributed by atoms with Crippen molar-refractivity contribution in [3.8, 4) is 5.88 Å². The molecule has 1 fully saturated rings. The summed E-state index contributed by atoms with van der Waals surface area (Å²) in [5.74, 6) is 0.487. The van der Waals surface area contributed by atoms with Gasteiger partial charge in [0.05, 0.1) is 11.8 Å². The third-order valence-corrected chi connectivity index (χ3v) is 5.68. The lowest BCUT2D eigenvalue weighted by molar-refractivity contribution is 0.0676. The lowest BCUT2D eigenvalue weighted by Gasteiger charge is -2.32. The van der Waals surface area contributed by atoms with Gasteiger partial charge in [-0.25, -0.2) is 18.1 Å². The molecule has 2 atom stereocenters. The van der Waals surface area contributed by atoms with Crippen LogP contribution in [-0.2, 0) is 10.0 Å². The van der Waals surface area contributed by atoms with Gasteiger partial charge in [0.2, 0.25) is 15.9 Å². The lowest BCUT2D eigenvalue weighted by atomic mass is 9.98. The highest BCUT2D eigenvalue weighted by Gasteiger charge is 2.25. The molecule has 0 spiro atoms. The Labute approximate surface area is 172 Å². The Balaban J connectivity index is 1.58. The molecule has 156 valence electrons. The van der Waals surface area contributed by atoms with E-state index in [1.54, 1.807) is 17.0 Å². The van der Waals surface area contributed by atoms with Crippen LogP contribution in [0.2, 0.25) is 0 Å². The van der Waals surface area contributed by atoms with Crippen molar-refractivity contribution in [2.45, 2.75) is 25.9 Å². The quantitative estimate of drug-likeness (QED) is 0.748. The maximum Gasteiger partial charge on any atom is 0.255 e. The van der Waals surface area contributed by atoms with E-state index in [-0.39, 0.29) is 17.9 Å². The minimum atomic E-state index is -3.23. The molecule has 1 aliphatic heterocycles. The first-order valence-corrected chi connectivity index (χ1v) is 11.6. The molecule has 1 aliphatic rings. The summed E-state index contributed by atoms with van der Waals surface area (Å²) >= 11 is 0. The van der Waals surface area contributed by atoms with Crippen LogP contribution in [0.5, 0.6) is 5.88 Å². The van der Waals surface area contributed by atoms with E-state index >= 15 is 0 Å². The first-order chi connectivity index (χ1) is 13.8. The average Bonchev–Trinajstić information content (AvgIpc) is 2.72. The van der Waals surface area contributed by atoms with Gasteiger partial charge in [-0.1, -0.05) is 30.3 Å². The van der Waals surface area contributed by atoms with E-state index in [1.165, 1.54) is 6.20 Å². The van der Waals surface area contributed by atoms with Gasteiger partial charge in [-0.3, -0.25) is 4.79 Å². The van der Waals surface area contributed by atoms with Gasteiger partial charge in [0, 0.05) is 31.9 Å². The number of nitrogens with one attached hydrogen (secondary N) is 1. The summed E-state index contributed by atoms with van der Waals surface area (Å²) in [4.78, 5) is 18.9. The number of ether oxygens (including phenoxy) is 1. The number of rotatable bonds is 7. The molecule has 1 N–H and O–H groups in total. The number of piperidine rings is 1. The SMILES string of the molecule is C[C@H](Oc1ccc(C(=O)N2CCC[C@H](CNS(C)(=O)=O)C2)cn1)c1ccccc1. The highest BCUT2D eigenvalue weighted by Crippen LogP contribution is 2.21. The number of carbonyl (C=O) groups is 1. The van der Waals surface area contributed by atoms with E-state index in [2.05, 4.69) is 9.71 Å². The summed E-state index contributed by atoms with van der Waals surface area (Å²) in [5, 5.41) is 0. The van der Waals surface area contributed by atoms with Gasteiger partial charge in [-0.15, -0.1) is 0 Å². The van der Waals surface area contributed by atoms with Crippen molar-refractivity contribution >= 4 is 15.9 Å². The predicted molar refractivity (Wildman–Crippen MR) is 111 cm³/mol. The van der Waals surface area contributed by atoms with Crippen LogP contribution in [0.15, 0.2) is 48.7 Å². The molecule has 0 unspecified atom stereocenters. The van der Waals surface area contributed by atoms with Crippen molar-refractivity contribution in [3.05, 3.63) is 59.8 Å². The zero-order valence-electron chi connectivity index (χ0n) is 16.7. The second kappa shape index (κ2) is 9.37. The summed E-state index contributed by atoms with van der Waals surface area (Å²) in [7, 11) is -3.23. The summed E-state index contributed by atoms with van der Waals surface area (Å²) < 4.78 is 31.0. The fourth-order valence-electron chi connectivity index (χ4n) is 3.42. The topological polar surface area (TPSA) is 88.6 Å². The standard InChI is InChI=1S/C21H27N3O4S/c1-16(18-8-4-3-5-9-18)28-20-11-10-19(14-22-20)21(25)24-12-6-7-17(15-24)13-23-29(2,26)27/h3-5,8-11,14,16-17,23H,6-7,12-13,15H2,1-2H3/t16-,17+/m0/s1. The van der Waals surface area contributed by atoms with Gasteiger partial charge in [0.25, 0.3) is 5.91 Å². The Morgan fingerprint density at radius 1 is 1.28 bits per heavy atom. The van der Waals surface area contributed by atoms with Crippen LogP contribution in [0, 0.1) is 5.92 Å². The number of carbonyl (C=O) groups excluding carboxylic acids is 1. The normalized spacial score (nSPS) is 18.3. The van der Waals surface area contributed by atoms with E-state index < -0.39 is 10.0 Å². The number of pyridine rings is 1. The van der Waals surface area contributed by atoms with Crippen LogP contribution < -0.4 is 9.46 Å². The molecule has 0 aliphatic carbocycles. The van der Waals surface area contributed by atoms with E-state index in [0.29, 0.717) is 31.1 Å². The monoisotopic (exact) mass is 417 g/mol. The maximum absolute atomic E-state index is 12.8. The van der Waals surface area contributed by atoms with Gasteiger partial charge in [-0.05, 0) is 37.3 Å². The lowest BCUT2D eigenvalue weighted by Crippen LogP contribution is -2.43. The van der Waals surface area contributed by atoms with Gasteiger partial charge < -0.3 is 9.64 Å². The highest BCUT2D eigenvalue weighted by atomic mass is 32.2. The van der Waals surface area contributed by atoms with Crippen LogP contribution in [0.4, 0.5) is 0 Å². The third-order valence-electron chi connectivity index (χ3n) is 4.99. The molecular weight excluding hydrogens is 390 g/mol. The highest BCUT2D eigenvalue weighted by molar-refractivity contribution is 7.88. The average molecular weight is 418 g/mol. The number of likely N-dealkylation sites (tertiary alicyclic amines) is 1. The molecule has 7 nitrogen and oxygen atoms in total. The fraction of sp³-hybridized carbons (Fsp3) is 0.429. The van der Waals surface area contributed by atoms with Crippen molar-refractivity contribution in [2.75, 3.05) is 25.9 Å². The molecule has 0 bridgehead atoms. The molecule has 1 amide bonds. The second-order valence-corrected chi connectivity index (χ2v) is 9.27. The molecule has 1 saturated heterocycles. The van der Waals surface area contributed by atoms with Crippen LogP contribution >= 0.6 is 0 Å². The number of aromatic nitrogens is 1.